The van der Waals surface area contributed by atoms with E-state index in [2.05, 4.69) is 27.7 Å². The molecule has 6 heteroatoms. The van der Waals surface area contributed by atoms with Crippen LogP contribution in [0.3, 0.4) is 0 Å². The number of carbonyl (C=O) groups is 1. The predicted octanol–water partition coefficient (Wildman–Crippen LogP) is 5.04. The van der Waals surface area contributed by atoms with Gasteiger partial charge in [-0.3, -0.25) is 0 Å². The van der Waals surface area contributed by atoms with Crippen molar-refractivity contribution in [1.82, 2.24) is 0 Å². The number of benzene rings is 1. The van der Waals surface area contributed by atoms with Crippen molar-refractivity contribution in [3.05, 3.63) is 35.9 Å². The molecule has 7 atom stereocenters. The average Bonchev–Trinajstić information content (AvgIpc) is 3.74. The van der Waals surface area contributed by atoms with E-state index in [0.29, 0.717) is 5.92 Å². The standard InChI is InChI=1S/C28H40O6/c1-7-20-16-28(17-32-28)26(27(4)22(34-27)14-8-18(2)3)25(31-6)24(20)33-23(29)15-11-19-9-12-21(30-5)13-10-19/h9-13,15,18,20,22,24-26H,7-8,14,16-17H2,1-6H3/b15-11+. The fourth-order valence-electron chi connectivity index (χ4n) is 5.92. The summed E-state index contributed by atoms with van der Waals surface area (Å²) in [6.45, 7) is 9.53. The molecule has 7 unspecified atom stereocenters. The van der Waals surface area contributed by atoms with E-state index in [0.717, 1.165) is 43.6 Å². The van der Waals surface area contributed by atoms with Crippen molar-refractivity contribution in [1.29, 1.82) is 0 Å². The molecule has 6 nitrogen and oxygen atoms in total. The fraction of sp³-hybridized carbons (Fsp3) is 0.679. The summed E-state index contributed by atoms with van der Waals surface area (Å²) in [7, 11) is 3.35. The Hall–Kier alpha value is -1.89. The molecule has 1 aliphatic carbocycles. The molecule has 2 saturated heterocycles. The van der Waals surface area contributed by atoms with E-state index in [-0.39, 0.29) is 47.3 Å². The van der Waals surface area contributed by atoms with E-state index in [1.165, 1.54) is 6.08 Å². The lowest BCUT2D eigenvalue weighted by Gasteiger charge is -2.46. The van der Waals surface area contributed by atoms with Gasteiger partial charge in [-0.1, -0.05) is 32.9 Å². The van der Waals surface area contributed by atoms with Gasteiger partial charge < -0.3 is 23.7 Å². The van der Waals surface area contributed by atoms with Gasteiger partial charge in [-0.2, -0.15) is 0 Å². The number of rotatable bonds is 10. The summed E-state index contributed by atoms with van der Waals surface area (Å²) in [5.74, 6) is 1.28. The van der Waals surface area contributed by atoms with Crippen molar-refractivity contribution in [2.24, 2.45) is 17.8 Å². The van der Waals surface area contributed by atoms with E-state index >= 15 is 0 Å². The van der Waals surface area contributed by atoms with Crippen LogP contribution in [0.25, 0.3) is 6.08 Å². The maximum atomic E-state index is 12.9. The van der Waals surface area contributed by atoms with E-state index in [1.54, 1.807) is 20.3 Å². The van der Waals surface area contributed by atoms with Crippen LogP contribution in [0.5, 0.6) is 5.75 Å². The fourth-order valence-corrected chi connectivity index (χ4v) is 5.92. The molecule has 1 aromatic carbocycles. The van der Waals surface area contributed by atoms with Gasteiger partial charge in [0, 0.05) is 19.1 Å². The second-order valence-corrected chi connectivity index (χ2v) is 10.7. The Balaban J connectivity index is 1.49. The van der Waals surface area contributed by atoms with Crippen LogP contribution in [-0.4, -0.2) is 56.3 Å². The summed E-state index contributed by atoms with van der Waals surface area (Å²) < 4.78 is 29.8. The van der Waals surface area contributed by atoms with Crippen LogP contribution in [-0.2, 0) is 23.7 Å². The van der Waals surface area contributed by atoms with Gasteiger partial charge in [-0.15, -0.1) is 0 Å². The molecule has 1 saturated carbocycles. The molecule has 1 aromatic rings. The molecular formula is C28H40O6. The van der Waals surface area contributed by atoms with Gasteiger partial charge in [0.15, 0.2) is 0 Å². The first-order chi connectivity index (χ1) is 16.3. The van der Waals surface area contributed by atoms with Gasteiger partial charge in [-0.05, 0) is 62.3 Å². The summed E-state index contributed by atoms with van der Waals surface area (Å²) >= 11 is 0. The minimum atomic E-state index is -0.356. The van der Waals surface area contributed by atoms with Gasteiger partial charge >= 0.3 is 5.97 Å². The first kappa shape index (κ1) is 25.2. The average molecular weight is 473 g/mol. The van der Waals surface area contributed by atoms with Gasteiger partial charge in [-0.25, -0.2) is 4.79 Å². The summed E-state index contributed by atoms with van der Waals surface area (Å²) in [5.41, 5.74) is 0.366. The Morgan fingerprint density at radius 2 is 1.91 bits per heavy atom. The second kappa shape index (κ2) is 10.00. The van der Waals surface area contributed by atoms with Crippen molar-refractivity contribution < 1.29 is 28.5 Å². The summed E-state index contributed by atoms with van der Waals surface area (Å²) in [5, 5.41) is 0. The Morgan fingerprint density at radius 3 is 2.47 bits per heavy atom. The lowest BCUT2D eigenvalue weighted by atomic mass is 9.64. The van der Waals surface area contributed by atoms with Crippen LogP contribution in [0, 0.1) is 17.8 Å². The minimum Gasteiger partial charge on any atom is -0.497 e. The number of hydrogen-bond acceptors (Lipinski definition) is 6. The number of hydrogen-bond donors (Lipinski definition) is 0. The van der Waals surface area contributed by atoms with Crippen LogP contribution >= 0.6 is 0 Å². The van der Waals surface area contributed by atoms with Crippen molar-refractivity contribution >= 4 is 12.0 Å². The summed E-state index contributed by atoms with van der Waals surface area (Å²) in [4.78, 5) is 12.9. The lowest BCUT2D eigenvalue weighted by molar-refractivity contribution is -0.178. The number of esters is 1. The Morgan fingerprint density at radius 1 is 1.21 bits per heavy atom. The normalized spacial score (nSPS) is 36.7. The van der Waals surface area contributed by atoms with Crippen LogP contribution in [0.1, 0.15) is 58.9 Å². The number of epoxide rings is 2. The van der Waals surface area contributed by atoms with Gasteiger partial charge in [0.05, 0.1) is 25.7 Å². The summed E-state index contributed by atoms with van der Waals surface area (Å²) in [6.07, 6.45) is 6.77. The van der Waals surface area contributed by atoms with Crippen LogP contribution in [0.15, 0.2) is 30.3 Å². The number of methoxy groups -OCH3 is 2. The predicted molar refractivity (Wildman–Crippen MR) is 131 cm³/mol. The molecule has 0 amide bonds. The smallest absolute Gasteiger partial charge is 0.331 e. The molecule has 0 radical (unpaired) electrons. The minimum absolute atomic E-state index is 0.0355. The number of ether oxygens (including phenoxy) is 5. The zero-order chi connectivity index (χ0) is 24.5. The van der Waals surface area contributed by atoms with Gasteiger partial charge in [0.1, 0.15) is 29.2 Å². The molecule has 0 bridgehead atoms. The third kappa shape index (κ3) is 5.05. The van der Waals surface area contributed by atoms with E-state index in [1.807, 2.05) is 24.3 Å². The van der Waals surface area contributed by atoms with Crippen molar-refractivity contribution in [2.75, 3.05) is 20.8 Å². The number of carbonyl (C=O) groups excluding carboxylic acids is 1. The SMILES string of the molecule is CCC1CC2(CO2)C(C2(C)OC2CCC(C)C)C(OC)C1OC(=O)/C=C/c1ccc(OC)cc1. The second-order valence-electron chi connectivity index (χ2n) is 10.7. The zero-order valence-corrected chi connectivity index (χ0v) is 21.4. The maximum absolute atomic E-state index is 12.9. The highest BCUT2D eigenvalue weighted by Gasteiger charge is 2.73. The molecule has 3 fully saturated rings. The molecule has 1 spiro atoms. The van der Waals surface area contributed by atoms with Crippen LogP contribution < -0.4 is 4.74 Å². The first-order valence-corrected chi connectivity index (χ1v) is 12.6. The topological polar surface area (TPSA) is 69.8 Å². The molecule has 34 heavy (non-hydrogen) atoms. The van der Waals surface area contributed by atoms with E-state index < -0.39 is 0 Å². The largest absolute Gasteiger partial charge is 0.497 e. The van der Waals surface area contributed by atoms with Crippen LogP contribution in [0.2, 0.25) is 0 Å². The molecular weight excluding hydrogens is 432 g/mol. The van der Waals surface area contributed by atoms with Crippen molar-refractivity contribution in [3.63, 3.8) is 0 Å². The third-order valence-electron chi connectivity index (χ3n) is 7.99. The maximum Gasteiger partial charge on any atom is 0.331 e. The molecule has 0 N–H and O–H groups in total. The highest BCUT2D eigenvalue weighted by Crippen LogP contribution is 2.61. The molecule has 0 aromatic heterocycles. The highest BCUT2D eigenvalue weighted by molar-refractivity contribution is 5.87. The van der Waals surface area contributed by atoms with Gasteiger partial charge in [0.2, 0.25) is 0 Å². The highest BCUT2D eigenvalue weighted by atomic mass is 16.6. The molecule has 2 aliphatic heterocycles. The lowest BCUT2D eigenvalue weighted by Crippen LogP contribution is -2.59. The summed E-state index contributed by atoms with van der Waals surface area (Å²) in [6, 6.07) is 7.55. The Bertz CT molecular complexity index is 873. The molecule has 4 rings (SSSR count). The van der Waals surface area contributed by atoms with Crippen LogP contribution in [0.4, 0.5) is 0 Å². The monoisotopic (exact) mass is 472 g/mol. The molecule has 188 valence electrons. The van der Waals surface area contributed by atoms with E-state index in [9.17, 15) is 4.79 Å². The Kier molecular flexibility index (Phi) is 7.41. The van der Waals surface area contributed by atoms with Gasteiger partial charge in [0.25, 0.3) is 0 Å². The van der Waals surface area contributed by atoms with E-state index in [4.69, 9.17) is 23.7 Å². The first-order valence-electron chi connectivity index (χ1n) is 12.6. The quantitative estimate of drug-likeness (QED) is 0.270. The zero-order valence-electron chi connectivity index (χ0n) is 21.4. The van der Waals surface area contributed by atoms with Crippen molar-refractivity contribution in [3.8, 4) is 5.75 Å². The van der Waals surface area contributed by atoms with Crippen molar-refractivity contribution in [2.45, 2.75) is 82.9 Å². The molecule has 3 aliphatic rings. The third-order valence-corrected chi connectivity index (χ3v) is 7.99. The Labute approximate surface area is 203 Å². The molecule has 2 heterocycles.